The van der Waals surface area contributed by atoms with E-state index in [4.69, 9.17) is 0 Å². The number of aliphatic hydroxyl groups excluding tert-OH is 1. The number of carbonyl (C=O) groups is 1. The number of benzene rings is 1. The molecule has 2 unspecified atom stereocenters. The second-order valence-corrected chi connectivity index (χ2v) is 4.92. The molecule has 1 aliphatic rings. The maximum atomic E-state index is 10.9. The van der Waals surface area contributed by atoms with Gasteiger partial charge in [-0.05, 0) is 12.0 Å². The Labute approximate surface area is 112 Å². The summed E-state index contributed by atoms with van der Waals surface area (Å²) in [6.45, 7) is 1.56. The number of hydrogen-bond donors (Lipinski definition) is 2. The fourth-order valence-corrected chi connectivity index (χ4v) is 2.46. The summed E-state index contributed by atoms with van der Waals surface area (Å²) in [6, 6.07) is 9.89. The molecule has 5 heteroatoms. The van der Waals surface area contributed by atoms with Gasteiger partial charge in [0.2, 0.25) is 0 Å². The molecule has 0 radical (unpaired) electrons. The molecule has 1 aromatic carbocycles. The highest BCUT2D eigenvalue weighted by Gasteiger charge is 2.28. The van der Waals surface area contributed by atoms with Crippen LogP contribution in [0, 0.1) is 5.92 Å². The number of piperidine rings is 1. The molecule has 19 heavy (non-hydrogen) atoms. The normalized spacial score (nSPS) is 23.3. The van der Waals surface area contributed by atoms with Crippen LogP contribution in [0.5, 0.6) is 0 Å². The van der Waals surface area contributed by atoms with Crippen molar-refractivity contribution in [1.29, 1.82) is 0 Å². The molecule has 2 rings (SSSR count). The molecule has 0 spiro atoms. The van der Waals surface area contributed by atoms with Crippen molar-refractivity contribution in [2.75, 3.05) is 19.7 Å². The first-order chi connectivity index (χ1) is 9.20. The average molecular weight is 263 g/mol. The minimum atomic E-state index is -1.14. The molecule has 104 valence electrons. The van der Waals surface area contributed by atoms with Crippen molar-refractivity contribution in [3.63, 3.8) is 0 Å². The fraction of sp³-hybridized carbons (Fsp3) is 0.500. The van der Waals surface area contributed by atoms with E-state index in [0.29, 0.717) is 26.1 Å². The van der Waals surface area contributed by atoms with Gasteiger partial charge in [-0.15, -0.1) is 0 Å². The lowest BCUT2D eigenvalue weighted by molar-refractivity contribution is -0.267. The quantitative estimate of drug-likeness (QED) is 0.789. The van der Waals surface area contributed by atoms with Crippen LogP contribution in [0.25, 0.3) is 0 Å². The van der Waals surface area contributed by atoms with Gasteiger partial charge in [0.05, 0.1) is 0 Å². The fourth-order valence-electron chi connectivity index (χ4n) is 2.46. The van der Waals surface area contributed by atoms with Gasteiger partial charge in [-0.25, -0.2) is 0 Å². The van der Waals surface area contributed by atoms with Crippen LogP contribution in [0.1, 0.15) is 12.0 Å². The molecule has 2 atom stereocenters. The number of carbonyl (C=O) groups excluding carboxylic acids is 1. The number of likely N-dealkylation sites (tertiary alicyclic amines) is 1. The molecule has 5 nitrogen and oxygen atoms in total. The molecule has 0 bridgehead atoms. The highest BCUT2D eigenvalue weighted by Crippen LogP contribution is 2.17. The lowest BCUT2D eigenvalue weighted by Gasteiger charge is -2.39. The van der Waals surface area contributed by atoms with Crippen molar-refractivity contribution in [1.82, 2.24) is 10.2 Å². The van der Waals surface area contributed by atoms with Crippen molar-refractivity contribution >= 4 is 6.09 Å². The van der Waals surface area contributed by atoms with Gasteiger partial charge in [-0.1, -0.05) is 30.3 Å². The number of rotatable bonds is 4. The summed E-state index contributed by atoms with van der Waals surface area (Å²) in [5.74, 6) is 0.0966. The smallest absolute Gasteiger partial charge is 0.136 e. The summed E-state index contributed by atoms with van der Waals surface area (Å²) in [6.07, 6.45) is -0.473. The molecule has 2 N–H and O–H groups in total. The summed E-state index contributed by atoms with van der Waals surface area (Å²) < 4.78 is 0. The van der Waals surface area contributed by atoms with Gasteiger partial charge >= 0.3 is 0 Å². The first-order valence-electron chi connectivity index (χ1n) is 6.55. The molecule has 1 saturated heterocycles. The molecule has 0 aliphatic carbocycles. The van der Waals surface area contributed by atoms with Crippen LogP contribution < -0.4 is 10.4 Å². The van der Waals surface area contributed by atoms with Crippen molar-refractivity contribution in [3.05, 3.63) is 35.9 Å². The van der Waals surface area contributed by atoms with Crippen molar-refractivity contribution < 1.29 is 15.0 Å². The summed E-state index contributed by atoms with van der Waals surface area (Å²) in [5.41, 5.74) is 1.14. The maximum absolute atomic E-state index is 10.9. The van der Waals surface area contributed by atoms with Gasteiger partial charge in [-0.2, -0.15) is 0 Å². The Bertz CT molecular complexity index is 410. The van der Waals surface area contributed by atoms with E-state index in [2.05, 4.69) is 5.32 Å². The number of nitrogens with one attached hydrogen (secondary N) is 1. The number of carboxylic acid groups (broad SMARTS) is 1. The van der Waals surface area contributed by atoms with Crippen LogP contribution in [-0.4, -0.2) is 41.8 Å². The third-order valence-electron chi connectivity index (χ3n) is 3.66. The Kier molecular flexibility index (Phi) is 4.76. The van der Waals surface area contributed by atoms with E-state index in [9.17, 15) is 15.0 Å². The predicted molar refractivity (Wildman–Crippen MR) is 69.2 cm³/mol. The van der Waals surface area contributed by atoms with Crippen LogP contribution in [0.4, 0.5) is 4.79 Å². The van der Waals surface area contributed by atoms with Gasteiger partial charge in [0.15, 0.2) is 0 Å². The van der Waals surface area contributed by atoms with Crippen molar-refractivity contribution in [2.24, 2.45) is 5.92 Å². The zero-order valence-corrected chi connectivity index (χ0v) is 10.8. The summed E-state index contributed by atoms with van der Waals surface area (Å²) in [7, 11) is 0. The summed E-state index contributed by atoms with van der Waals surface area (Å²) in [4.78, 5) is 12.2. The second kappa shape index (κ2) is 6.54. The topological polar surface area (TPSA) is 75.6 Å². The summed E-state index contributed by atoms with van der Waals surface area (Å²) in [5, 5.41) is 23.6. The number of amides is 1. The van der Waals surface area contributed by atoms with E-state index in [0.717, 1.165) is 5.56 Å². The molecule has 0 aromatic heterocycles. The van der Waals surface area contributed by atoms with Crippen molar-refractivity contribution in [3.8, 4) is 0 Å². The van der Waals surface area contributed by atoms with Crippen LogP contribution in [0.15, 0.2) is 30.3 Å². The van der Waals surface area contributed by atoms with E-state index >= 15 is 0 Å². The van der Waals surface area contributed by atoms with E-state index in [1.54, 1.807) is 0 Å². The van der Waals surface area contributed by atoms with Crippen LogP contribution in [0.3, 0.4) is 0 Å². The maximum Gasteiger partial charge on any atom is 0.136 e. The van der Waals surface area contributed by atoms with E-state index in [-0.39, 0.29) is 18.6 Å². The van der Waals surface area contributed by atoms with E-state index in [1.165, 1.54) is 4.90 Å². The first-order valence-corrected chi connectivity index (χ1v) is 6.55. The average Bonchev–Trinajstić information content (AvgIpc) is 2.45. The van der Waals surface area contributed by atoms with Gasteiger partial charge in [0.1, 0.15) is 6.09 Å². The third-order valence-corrected chi connectivity index (χ3v) is 3.66. The lowest BCUT2D eigenvalue weighted by atomic mass is 9.92. The Morgan fingerprint density at radius 1 is 1.42 bits per heavy atom. The zero-order valence-electron chi connectivity index (χ0n) is 10.8. The molecule has 1 amide bonds. The van der Waals surface area contributed by atoms with Crippen molar-refractivity contribution in [2.45, 2.75) is 19.0 Å². The summed E-state index contributed by atoms with van der Waals surface area (Å²) >= 11 is 0. The molecule has 1 fully saturated rings. The predicted octanol–water partition coefficient (Wildman–Crippen LogP) is -0.198. The van der Waals surface area contributed by atoms with Crippen LogP contribution in [0.2, 0.25) is 0 Å². The standard InChI is InChI=1S/C14H20N2O3/c17-10-12-6-7-16(14(18)19)9-13(12)15-8-11-4-2-1-3-5-11/h1-5,12-13,15,17H,6-10H2,(H,18,19)/p-1. The third kappa shape index (κ3) is 3.68. The lowest BCUT2D eigenvalue weighted by Crippen LogP contribution is -2.56. The molecule has 0 saturated carbocycles. The van der Waals surface area contributed by atoms with E-state index < -0.39 is 6.09 Å². The molecule has 1 aromatic rings. The van der Waals surface area contributed by atoms with Gasteiger partial charge in [0, 0.05) is 38.2 Å². The number of hydrogen-bond acceptors (Lipinski definition) is 4. The first kappa shape index (κ1) is 13.8. The highest BCUT2D eigenvalue weighted by atomic mass is 16.4. The molecule has 1 aliphatic heterocycles. The number of nitrogens with zero attached hydrogens (tertiary/aromatic N) is 1. The van der Waals surface area contributed by atoms with Crippen LogP contribution >= 0.6 is 0 Å². The minimum Gasteiger partial charge on any atom is -0.530 e. The second-order valence-electron chi connectivity index (χ2n) is 4.92. The SMILES string of the molecule is O=C([O-])N1CCC(CO)C(NCc2ccccc2)C1. The molecular weight excluding hydrogens is 244 g/mol. The van der Waals surface area contributed by atoms with Gasteiger partial charge in [0.25, 0.3) is 0 Å². The largest absolute Gasteiger partial charge is 0.530 e. The van der Waals surface area contributed by atoms with Gasteiger partial charge < -0.3 is 25.2 Å². The Balaban J connectivity index is 1.93. The highest BCUT2D eigenvalue weighted by molar-refractivity contribution is 5.62. The minimum absolute atomic E-state index is 0.0307. The monoisotopic (exact) mass is 263 g/mol. The molecule has 1 heterocycles. The Morgan fingerprint density at radius 3 is 2.79 bits per heavy atom. The molecular formula is C14H19N2O3-. The Hall–Kier alpha value is -1.59. The van der Waals surface area contributed by atoms with Gasteiger partial charge in [-0.3, -0.25) is 0 Å². The number of aliphatic hydroxyl groups is 1. The Morgan fingerprint density at radius 2 is 2.16 bits per heavy atom. The van der Waals surface area contributed by atoms with E-state index in [1.807, 2.05) is 30.3 Å². The zero-order chi connectivity index (χ0) is 13.7. The van der Waals surface area contributed by atoms with Crippen LogP contribution in [-0.2, 0) is 6.54 Å².